The average molecular weight is 592 g/mol. The third-order valence-corrected chi connectivity index (χ3v) is 9.35. The second-order valence-corrected chi connectivity index (χ2v) is 12.5. The maximum atomic E-state index is 6.47. The smallest absolute Gasteiger partial charge is 0.164 e. The third kappa shape index (κ3) is 4.11. The zero-order chi connectivity index (χ0) is 30.8. The summed E-state index contributed by atoms with van der Waals surface area (Å²) in [6.07, 6.45) is 0. The van der Waals surface area contributed by atoms with E-state index in [2.05, 4.69) is 80.6 Å². The van der Waals surface area contributed by atoms with Crippen LogP contribution in [-0.4, -0.2) is 15.0 Å². The van der Waals surface area contributed by atoms with Crippen LogP contribution >= 0.6 is 0 Å². The van der Waals surface area contributed by atoms with E-state index in [-0.39, 0.29) is 5.41 Å². The van der Waals surface area contributed by atoms with Gasteiger partial charge in [-0.05, 0) is 63.7 Å². The number of hydrogen-bond donors (Lipinski definition) is 0. The first-order chi connectivity index (χ1) is 22.5. The van der Waals surface area contributed by atoms with Gasteiger partial charge in [-0.3, -0.25) is 0 Å². The van der Waals surface area contributed by atoms with Gasteiger partial charge in [0.05, 0.1) is 0 Å². The summed E-state index contributed by atoms with van der Waals surface area (Å²) in [7, 11) is 0. The lowest BCUT2D eigenvalue weighted by atomic mass is 9.82. The minimum absolute atomic E-state index is 0.0441. The van der Waals surface area contributed by atoms with E-state index in [1.807, 2.05) is 72.8 Å². The van der Waals surface area contributed by atoms with Gasteiger partial charge in [0.2, 0.25) is 0 Å². The highest BCUT2D eigenvalue weighted by Gasteiger charge is 2.36. The van der Waals surface area contributed by atoms with Crippen molar-refractivity contribution in [1.82, 2.24) is 15.0 Å². The van der Waals surface area contributed by atoms with Crippen LogP contribution in [0.4, 0.5) is 0 Å². The first-order valence-electron chi connectivity index (χ1n) is 15.6. The molecule has 6 aromatic carbocycles. The van der Waals surface area contributed by atoms with Crippen LogP contribution in [0.3, 0.4) is 0 Å². The van der Waals surface area contributed by atoms with Gasteiger partial charge in [-0.1, -0.05) is 123 Å². The minimum Gasteiger partial charge on any atom is -0.456 e. The molecule has 4 heteroatoms. The van der Waals surface area contributed by atoms with Crippen molar-refractivity contribution in [3.05, 3.63) is 151 Å². The van der Waals surface area contributed by atoms with Crippen LogP contribution in [0.15, 0.2) is 144 Å². The van der Waals surface area contributed by atoms with E-state index in [0.29, 0.717) is 17.5 Å². The molecule has 0 saturated heterocycles. The van der Waals surface area contributed by atoms with Crippen LogP contribution in [-0.2, 0) is 5.41 Å². The first kappa shape index (κ1) is 26.5. The zero-order valence-corrected chi connectivity index (χ0v) is 25.5. The van der Waals surface area contributed by atoms with Gasteiger partial charge in [-0.15, -0.1) is 0 Å². The summed E-state index contributed by atoms with van der Waals surface area (Å²) in [5, 5.41) is 2.10. The molecule has 0 N–H and O–H groups in total. The van der Waals surface area contributed by atoms with Gasteiger partial charge in [-0.25, -0.2) is 15.0 Å². The molecule has 2 aromatic heterocycles. The van der Waals surface area contributed by atoms with E-state index < -0.39 is 0 Å². The summed E-state index contributed by atoms with van der Waals surface area (Å²) in [6.45, 7) is 4.64. The van der Waals surface area contributed by atoms with Gasteiger partial charge in [0.25, 0.3) is 0 Å². The van der Waals surface area contributed by atoms with Crippen molar-refractivity contribution in [2.24, 2.45) is 0 Å². The van der Waals surface area contributed by atoms with Gasteiger partial charge in [0, 0.05) is 32.9 Å². The molecule has 1 aliphatic rings. The monoisotopic (exact) mass is 591 g/mol. The number of rotatable bonds is 4. The Morgan fingerprint density at radius 2 is 1.02 bits per heavy atom. The molecular weight excluding hydrogens is 562 g/mol. The molecule has 0 fully saturated rings. The fraction of sp³-hybridized carbons (Fsp3) is 0.0714. The van der Waals surface area contributed by atoms with Gasteiger partial charge >= 0.3 is 0 Å². The van der Waals surface area contributed by atoms with Crippen molar-refractivity contribution in [2.45, 2.75) is 19.3 Å². The van der Waals surface area contributed by atoms with Gasteiger partial charge in [-0.2, -0.15) is 0 Å². The zero-order valence-electron chi connectivity index (χ0n) is 25.5. The standard InChI is InChI=1S/C42H29N3O/c1-42(2)34-18-10-9-16-32(34)38-30(17-11-19-35(38)42)28-20-22-31-33-24-29(21-23-36(33)46-37(31)25-28)41-44-39(26-12-5-3-6-13-26)43-40(45-41)27-14-7-4-8-15-27/h3-25H,1-2H3. The van der Waals surface area contributed by atoms with Crippen molar-refractivity contribution in [2.75, 3.05) is 0 Å². The van der Waals surface area contributed by atoms with Crippen molar-refractivity contribution in [3.8, 4) is 56.4 Å². The Bertz CT molecular complexity index is 2380. The van der Waals surface area contributed by atoms with Crippen molar-refractivity contribution < 1.29 is 4.42 Å². The van der Waals surface area contributed by atoms with Gasteiger partial charge in [0.1, 0.15) is 11.2 Å². The van der Waals surface area contributed by atoms with Crippen molar-refractivity contribution in [1.29, 1.82) is 0 Å². The molecule has 8 aromatic rings. The van der Waals surface area contributed by atoms with Gasteiger partial charge in [0.15, 0.2) is 17.5 Å². The van der Waals surface area contributed by atoms with E-state index in [1.54, 1.807) is 0 Å². The van der Waals surface area contributed by atoms with Crippen molar-refractivity contribution in [3.63, 3.8) is 0 Å². The highest BCUT2D eigenvalue weighted by molar-refractivity contribution is 6.07. The molecule has 218 valence electrons. The molecule has 1 aliphatic carbocycles. The molecule has 9 rings (SSSR count). The predicted octanol–water partition coefficient (Wildman–Crippen LogP) is 10.7. The van der Waals surface area contributed by atoms with E-state index in [9.17, 15) is 0 Å². The number of furan rings is 1. The number of fused-ring (bicyclic) bond motifs is 6. The highest BCUT2D eigenvalue weighted by atomic mass is 16.3. The summed E-state index contributed by atoms with van der Waals surface area (Å²) in [5.41, 5.74) is 12.2. The summed E-state index contributed by atoms with van der Waals surface area (Å²) in [5.74, 6) is 1.92. The molecule has 0 bridgehead atoms. The SMILES string of the molecule is CC1(C)c2ccccc2-c2c(-c3ccc4c(c3)oc3ccc(-c5nc(-c6ccccc6)nc(-c6ccccc6)n5)cc34)cccc21. The van der Waals surface area contributed by atoms with Crippen LogP contribution < -0.4 is 0 Å². The normalized spacial score (nSPS) is 13.2. The summed E-state index contributed by atoms with van der Waals surface area (Å²) in [4.78, 5) is 14.7. The van der Waals surface area contributed by atoms with Crippen LogP contribution in [0.5, 0.6) is 0 Å². The summed E-state index contributed by atoms with van der Waals surface area (Å²) in [6, 6.07) is 48.4. The van der Waals surface area contributed by atoms with E-state index in [1.165, 1.54) is 27.8 Å². The Balaban J connectivity index is 1.17. The third-order valence-electron chi connectivity index (χ3n) is 9.35. The Kier molecular flexibility index (Phi) is 5.81. The lowest BCUT2D eigenvalue weighted by molar-refractivity contribution is 0.660. The van der Waals surface area contributed by atoms with E-state index in [0.717, 1.165) is 44.2 Å². The van der Waals surface area contributed by atoms with E-state index >= 15 is 0 Å². The summed E-state index contributed by atoms with van der Waals surface area (Å²) < 4.78 is 6.47. The molecule has 0 aliphatic heterocycles. The predicted molar refractivity (Wildman–Crippen MR) is 186 cm³/mol. The highest BCUT2D eigenvalue weighted by Crippen LogP contribution is 2.52. The average Bonchev–Trinajstić information content (AvgIpc) is 3.60. The molecule has 46 heavy (non-hydrogen) atoms. The fourth-order valence-corrected chi connectivity index (χ4v) is 7.02. The van der Waals surface area contributed by atoms with Crippen LogP contribution in [0, 0.1) is 0 Å². The van der Waals surface area contributed by atoms with Crippen LogP contribution in [0.1, 0.15) is 25.0 Å². The largest absolute Gasteiger partial charge is 0.456 e. The van der Waals surface area contributed by atoms with Crippen LogP contribution in [0.25, 0.3) is 78.4 Å². The number of hydrogen-bond acceptors (Lipinski definition) is 4. The molecule has 0 atom stereocenters. The minimum atomic E-state index is -0.0441. The maximum Gasteiger partial charge on any atom is 0.164 e. The number of benzene rings is 6. The van der Waals surface area contributed by atoms with Crippen LogP contribution in [0.2, 0.25) is 0 Å². The molecule has 0 unspecified atom stereocenters. The molecule has 0 spiro atoms. The molecule has 4 nitrogen and oxygen atoms in total. The van der Waals surface area contributed by atoms with Crippen molar-refractivity contribution >= 4 is 21.9 Å². The summed E-state index contributed by atoms with van der Waals surface area (Å²) >= 11 is 0. The first-order valence-corrected chi connectivity index (χ1v) is 15.6. The Morgan fingerprint density at radius 3 is 1.74 bits per heavy atom. The Labute approximate surface area is 267 Å². The topological polar surface area (TPSA) is 51.8 Å². The second-order valence-electron chi connectivity index (χ2n) is 12.5. The fourth-order valence-electron chi connectivity index (χ4n) is 7.02. The lowest BCUT2D eigenvalue weighted by Gasteiger charge is -2.21. The maximum absolute atomic E-state index is 6.47. The molecule has 2 heterocycles. The Morgan fingerprint density at radius 1 is 0.435 bits per heavy atom. The van der Waals surface area contributed by atoms with E-state index in [4.69, 9.17) is 19.4 Å². The Hall–Kier alpha value is -5.87. The second kappa shape index (κ2) is 10.1. The quantitative estimate of drug-likeness (QED) is 0.204. The number of aromatic nitrogens is 3. The molecule has 0 saturated carbocycles. The lowest BCUT2D eigenvalue weighted by Crippen LogP contribution is -2.14. The molecule has 0 amide bonds. The van der Waals surface area contributed by atoms with Gasteiger partial charge < -0.3 is 4.42 Å². The molecular formula is C42H29N3O. The molecule has 0 radical (unpaired) electrons. The number of nitrogens with zero attached hydrogens (tertiary/aromatic N) is 3.